The van der Waals surface area contributed by atoms with Gasteiger partial charge in [-0.3, -0.25) is 0 Å². The number of nitrogens with zero attached hydrogens (tertiary/aromatic N) is 1. The summed E-state index contributed by atoms with van der Waals surface area (Å²) in [5, 5.41) is 7.01. The largest absolute Gasteiger partial charge is 0.496 e. The Morgan fingerprint density at radius 1 is 1.44 bits per heavy atom. The summed E-state index contributed by atoms with van der Waals surface area (Å²) in [6, 6.07) is 6.35. The second-order valence-corrected chi connectivity index (χ2v) is 3.78. The molecule has 96 valence electrons. The molecule has 1 aromatic heterocycles. The van der Waals surface area contributed by atoms with Gasteiger partial charge in [-0.1, -0.05) is 18.1 Å². The molecule has 0 saturated carbocycles. The molecule has 0 radical (unpaired) electrons. The van der Waals surface area contributed by atoms with Crippen LogP contribution in [0.2, 0.25) is 0 Å². The van der Waals surface area contributed by atoms with Gasteiger partial charge in [0.05, 0.1) is 18.4 Å². The van der Waals surface area contributed by atoms with Crippen LogP contribution in [-0.4, -0.2) is 18.8 Å². The molecule has 0 spiro atoms. The van der Waals surface area contributed by atoms with Crippen LogP contribution in [0.4, 0.5) is 4.39 Å². The standard InChI is InChI=1S/C13H15FN2O2/c1-3-15-8-9-7-12(18-16-9)13-10(14)5-4-6-11(13)17-2/h4-7,15H,3,8H2,1-2H3. The quantitative estimate of drug-likeness (QED) is 0.886. The first-order valence-electron chi connectivity index (χ1n) is 5.75. The number of halogens is 1. The monoisotopic (exact) mass is 250 g/mol. The molecule has 1 N–H and O–H groups in total. The molecule has 2 aromatic rings. The zero-order chi connectivity index (χ0) is 13.0. The van der Waals surface area contributed by atoms with Crippen molar-refractivity contribution in [2.75, 3.05) is 13.7 Å². The van der Waals surface area contributed by atoms with Crippen molar-refractivity contribution in [2.45, 2.75) is 13.5 Å². The molecular formula is C13H15FN2O2. The van der Waals surface area contributed by atoms with Crippen molar-refractivity contribution in [3.8, 4) is 17.1 Å². The van der Waals surface area contributed by atoms with E-state index in [0.717, 1.165) is 12.2 Å². The average Bonchev–Trinajstić information content (AvgIpc) is 2.84. The van der Waals surface area contributed by atoms with Crippen LogP contribution in [-0.2, 0) is 6.54 Å². The number of methoxy groups -OCH3 is 1. The Morgan fingerprint density at radius 2 is 2.28 bits per heavy atom. The lowest BCUT2D eigenvalue weighted by atomic mass is 10.1. The highest BCUT2D eigenvalue weighted by Crippen LogP contribution is 2.32. The highest BCUT2D eigenvalue weighted by atomic mass is 19.1. The van der Waals surface area contributed by atoms with Crippen molar-refractivity contribution in [3.05, 3.63) is 35.8 Å². The minimum absolute atomic E-state index is 0.301. The third-order valence-electron chi connectivity index (χ3n) is 2.56. The summed E-state index contributed by atoms with van der Waals surface area (Å²) in [4.78, 5) is 0. The maximum Gasteiger partial charge on any atom is 0.173 e. The van der Waals surface area contributed by atoms with Crippen LogP contribution >= 0.6 is 0 Å². The van der Waals surface area contributed by atoms with E-state index in [9.17, 15) is 4.39 Å². The molecular weight excluding hydrogens is 235 g/mol. The summed E-state index contributed by atoms with van der Waals surface area (Å²) in [5.41, 5.74) is 1.03. The number of benzene rings is 1. The van der Waals surface area contributed by atoms with Crippen molar-refractivity contribution < 1.29 is 13.7 Å². The number of ether oxygens (including phenoxy) is 1. The molecule has 2 rings (SSSR count). The highest BCUT2D eigenvalue weighted by Gasteiger charge is 2.16. The smallest absolute Gasteiger partial charge is 0.173 e. The van der Waals surface area contributed by atoms with Gasteiger partial charge in [0.1, 0.15) is 11.6 Å². The van der Waals surface area contributed by atoms with Crippen LogP contribution in [0.25, 0.3) is 11.3 Å². The Hall–Kier alpha value is -1.88. The molecule has 4 nitrogen and oxygen atoms in total. The Labute approximate surface area is 105 Å². The van der Waals surface area contributed by atoms with E-state index in [4.69, 9.17) is 9.26 Å². The predicted molar refractivity (Wildman–Crippen MR) is 65.8 cm³/mol. The third-order valence-corrected chi connectivity index (χ3v) is 2.56. The number of aromatic nitrogens is 1. The minimum atomic E-state index is -0.388. The van der Waals surface area contributed by atoms with E-state index in [0.29, 0.717) is 23.6 Å². The van der Waals surface area contributed by atoms with Crippen molar-refractivity contribution in [3.63, 3.8) is 0 Å². The SMILES string of the molecule is CCNCc1cc(-c2c(F)cccc2OC)on1. The topological polar surface area (TPSA) is 47.3 Å². The normalized spacial score (nSPS) is 10.6. The Bertz CT molecular complexity index is 525. The number of rotatable bonds is 5. The lowest BCUT2D eigenvalue weighted by Crippen LogP contribution is -2.11. The second-order valence-electron chi connectivity index (χ2n) is 3.78. The summed E-state index contributed by atoms with van der Waals surface area (Å²) < 4.78 is 24.1. The minimum Gasteiger partial charge on any atom is -0.496 e. The van der Waals surface area contributed by atoms with E-state index in [1.165, 1.54) is 13.2 Å². The summed E-state index contributed by atoms with van der Waals surface area (Å²) in [7, 11) is 1.49. The van der Waals surface area contributed by atoms with Gasteiger partial charge in [0.15, 0.2) is 5.76 Å². The van der Waals surface area contributed by atoms with Gasteiger partial charge in [-0.15, -0.1) is 0 Å². The Balaban J connectivity index is 2.33. The van der Waals surface area contributed by atoms with Crippen LogP contribution in [0.1, 0.15) is 12.6 Å². The van der Waals surface area contributed by atoms with Gasteiger partial charge >= 0.3 is 0 Å². The van der Waals surface area contributed by atoms with E-state index < -0.39 is 0 Å². The van der Waals surface area contributed by atoms with Crippen LogP contribution < -0.4 is 10.1 Å². The summed E-state index contributed by atoms with van der Waals surface area (Å²) in [5.74, 6) is 0.416. The van der Waals surface area contributed by atoms with Gasteiger partial charge in [-0.2, -0.15) is 0 Å². The van der Waals surface area contributed by atoms with E-state index in [1.54, 1.807) is 18.2 Å². The van der Waals surface area contributed by atoms with Crippen molar-refractivity contribution in [2.24, 2.45) is 0 Å². The first kappa shape index (κ1) is 12.6. The number of hydrogen-bond acceptors (Lipinski definition) is 4. The van der Waals surface area contributed by atoms with Gasteiger partial charge in [0, 0.05) is 12.6 Å². The van der Waals surface area contributed by atoms with Crippen molar-refractivity contribution >= 4 is 0 Å². The fourth-order valence-corrected chi connectivity index (χ4v) is 1.68. The van der Waals surface area contributed by atoms with Crippen LogP contribution in [0.15, 0.2) is 28.8 Å². The molecule has 0 unspecified atom stereocenters. The Kier molecular flexibility index (Phi) is 3.94. The maximum atomic E-state index is 13.8. The van der Waals surface area contributed by atoms with E-state index >= 15 is 0 Å². The fourth-order valence-electron chi connectivity index (χ4n) is 1.68. The lowest BCUT2D eigenvalue weighted by molar-refractivity contribution is 0.398. The fraction of sp³-hybridized carbons (Fsp3) is 0.308. The van der Waals surface area contributed by atoms with Crippen molar-refractivity contribution in [1.29, 1.82) is 0 Å². The molecule has 0 aliphatic rings. The molecule has 0 saturated heterocycles. The van der Waals surface area contributed by atoms with Gasteiger partial charge in [0.2, 0.25) is 0 Å². The molecule has 0 aliphatic carbocycles. The molecule has 5 heteroatoms. The molecule has 0 atom stereocenters. The van der Waals surface area contributed by atoms with E-state index in [-0.39, 0.29) is 5.82 Å². The van der Waals surface area contributed by atoms with Gasteiger partial charge in [0.25, 0.3) is 0 Å². The van der Waals surface area contributed by atoms with Crippen molar-refractivity contribution in [1.82, 2.24) is 10.5 Å². The highest BCUT2D eigenvalue weighted by molar-refractivity contribution is 5.66. The molecule has 0 fully saturated rings. The summed E-state index contributed by atoms with van der Waals surface area (Å²) >= 11 is 0. The zero-order valence-corrected chi connectivity index (χ0v) is 10.4. The second kappa shape index (κ2) is 5.64. The molecule has 0 bridgehead atoms. The molecule has 1 aromatic carbocycles. The van der Waals surface area contributed by atoms with Gasteiger partial charge < -0.3 is 14.6 Å². The molecule has 0 aliphatic heterocycles. The third kappa shape index (κ3) is 2.51. The number of nitrogens with one attached hydrogen (secondary N) is 1. The first-order chi connectivity index (χ1) is 8.76. The summed E-state index contributed by atoms with van der Waals surface area (Å²) in [6.45, 7) is 3.43. The van der Waals surface area contributed by atoms with Crippen LogP contribution in [0, 0.1) is 5.82 Å². The van der Waals surface area contributed by atoms with E-state index in [1.807, 2.05) is 6.92 Å². The maximum absolute atomic E-state index is 13.8. The van der Waals surface area contributed by atoms with Gasteiger partial charge in [-0.25, -0.2) is 4.39 Å². The number of hydrogen-bond donors (Lipinski definition) is 1. The molecule has 18 heavy (non-hydrogen) atoms. The predicted octanol–water partition coefficient (Wildman–Crippen LogP) is 2.60. The van der Waals surface area contributed by atoms with Crippen LogP contribution in [0.5, 0.6) is 5.75 Å². The zero-order valence-electron chi connectivity index (χ0n) is 10.4. The van der Waals surface area contributed by atoms with Gasteiger partial charge in [-0.05, 0) is 18.7 Å². The molecule has 1 heterocycles. The lowest BCUT2D eigenvalue weighted by Gasteiger charge is -2.05. The Morgan fingerprint density at radius 3 is 3.00 bits per heavy atom. The first-order valence-corrected chi connectivity index (χ1v) is 5.75. The van der Waals surface area contributed by atoms with E-state index in [2.05, 4.69) is 10.5 Å². The average molecular weight is 250 g/mol. The summed E-state index contributed by atoms with van der Waals surface area (Å²) in [6.07, 6.45) is 0. The van der Waals surface area contributed by atoms with Crippen LogP contribution in [0.3, 0.4) is 0 Å². The molecule has 0 amide bonds.